The standard InChI is InChI=1S/C24H18O5/c1-15-22(16-7-4-3-5-8-16)23(25)20-12-11-19(14-21(20)28-15)29-24(26)17-9-6-10-18(13-17)27-2/h3-14H,1-2H3. The highest BCUT2D eigenvalue weighted by Crippen LogP contribution is 2.26. The van der Waals surface area contributed by atoms with E-state index in [0.717, 1.165) is 5.56 Å². The maximum absolute atomic E-state index is 13.0. The number of carbonyl (C=O) groups is 1. The third kappa shape index (κ3) is 3.62. The molecular formula is C24H18O5. The molecule has 0 aliphatic carbocycles. The molecule has 5 nitrogen and oxygen atoms in total. The minimum atomic E-state index is -0.525. The summed E-state index contributed by atoms with van der Waals surface area (Å²) in [5, 5.41) is 0.427. The second-order valence-corrected chi connectivity index (χ2v) is 6.51. The van der Waals surface area contributed by atoms with Gasteiger partial charge in [0.05, 0.1) is 23.6 Å². The van der Waals surface area contributed by atoms with Gasteiger partial charge in [-0.1, -0.05) is 36.4 Å². The molecule has 0 fully saturated rings. The molecule has 0 spiro atoms. The van der Waals surface area contributed by atoms with E-state index in [1.54, 1.807) is 49.4 Å². The highest BCUT2D eigenvalue weighted by Gasteiger charge is 2.15. The third-order valence-corrected chi connectivity index (χ3v) is 4.62. The first-order valence-electron chi connectivity index (χ1n) is 9.06. The molecule has 0 atom stereocenters. The molecule has 0 N–H and O–H groups in total. The van der Waals surface area contributed by atoms with Crippen molar-refractivity contribution in [3.63, 3.8) is 0 Å². The van der Waals surface area contributed by atoms with Gasteiger partial charge in [0, 0.05) is 6.07 Å². The van der Waals surface area contributed by atoms with Crippen LogP contribution in [-0.4, -0.2) is 13.1 Å². The van der Waals surface area contributed by atoms with Gasteiger partial charge in [-0.15, -0.1) is 0 Å². The van der Waals surface area contributed by atoms with Crippen LogP contribution in [0.15, 0.2) is 82.0 Å². The van der Waals surface area contributed by atoms with E-state index in [4.69, 9.17) is 13.9 Å². The normalized spacial score (nSPS) is 10.7. The van der Waals surface area contributed by atoms with Crippen LogP contribution in [0.3, 0.4) is 0 Å². The average Bonchev–Trinajstić information content (AvgIpc) is 2.74. The van der Waals surface area contributed by atoms with Gasteiger partial charge in [0.1, 0.15) is 22.8 Å². The summed E-state index contributed by atoms with van der Waals surface area (Å²) in [5.74, 6) is 0.835. The number of fused-ring (bicyclic) bond motifs is 1. The van der Waals surface area contributed by atoms with Gasteiger partial charge >= 0.3 is 5.97 Å². The van der Waals surface area contributed by atoms with E-state index in [2.05, 4.69) is 0 Å². The van der Waals surface area contributed by atoms with Gasteiger partial charge in [0.2, 0.25) is 5.43 Å². The minimum Gasteiger partial charge on any atom is -0.497 e. The van der Waals surface area contributed by atoms with Gasteiger partial charge < -0.3 is 13.9 Å². The number of benzene rings is 3. The van der Waals surface area contributed by atoms with E-state index in [9.17, 15) is 9.59 Å². The van der Waals surface area contributed by atoms with Crippen LogP contribution in [0.5, 0.6) is 11.5 Å². The fourth-order valence-electron chi connectivity index (χ4n) is 3.20. The fraction of sp³-hybridized carbons (Fsp3) is 0.0833. The third-order valence-electron chi connectivity index (χ3n) is 4.62. The van der Waals surface area contributed by atoms with Crippen LogP contribution in [-0.2, 0) is 0 Å². The predicted octanol–water partition coefficient (Wildman–Crippen LogP) is 5.00. The Morgan fingerprint density at radius 3 is 2.45 bits per heavy atom. The van der Waals surface area contributed by atoms with Crippen molar-refractivity contribution in [3.8, 4) is 22.6 Å². The molecule has 0 aliphatic heterocycles. The number of methoxy groups -OCH3 is 1. The lowest BCUT2D eigenvalue weighted by Gasteiger charge is -2.09. The number of rotatable bonds is 4. The SMILES string of the molecule is COc1cccc(C(=O)Oc2ccc3c(=O)c(-c4ccccc4)c(C)oc3c2)c1. The van der Waals surface area contributed by atoms with Crippen molar-refractivity contribution in [2.75, 3.05) is 7.11 Å². The van der Waals surface area contributed by atoms with Crippen LogP contribution in [0.2, 0.25) is 0 Å². The van der Waals surface area contributed by atoms with Crippen molar-refractivity contribution in [1.29, 1.82) is 0 Å². The van der Waals surface area contributed by atoms with E-state index >= 15 is 0 Å². The Labute approximate surface area is 167 Å². The summed E-state index contributed by atoms with van der Waals surface area (Å²) in [6, 6.07) is 20.8. The number of aryl methyl sites for hydroxylation is 1. The lowest BCUT2D eigenvalue weighted by molar-refractivity contribution is 0.0734. The molecule has 1 aromatic heterocycles. The smallest absolute Gasteiger partial charge is 0.343 e. The Balaban J connectivity index is 1.70. The average molecular weight is 386 g/mol. The Hall–Kier alpha value is -3.86. The van der Waals surface area contributed by atoms with Crippen molar-refractivity contribution in [3.05, 3.63) is 94.3 Å². The number of hydrogen-bond donors (Lipinski definition) is 0. The summed E-state index contributed by atoms with van der Waals surface area (Å²) < 4.78 is 16.5. The summed E-state index contributed by atoms with van der Waals surface area (Å²) in [6.07, 6.45) is 0. The quantitative estimate of drug-likeness (QED) is 0.365. The lowest BCUT2D eigenvalue weighted by Crippen LogP contribution is -2.10. The number of ether oxygens (including phenoxy) is 2. The molecule has 0 unspecified atom stereocenters. The summed E-state index contributed by atoms with van der Waals surface area (Å²) in [7, 11) is 1.53. The van der Waals surface area contributed by atoms with E-state index in [-0.39, 0.29) is 5.43 Å². The predicted molar refractivity (Wildman–Crippen MR) is 111 cm³/mol. The van der Waals surface area contributed by atoms with Crippen molar-refractivity contribution in [2.45, 2.75) is 6.92 Å². The first kappa shape index (κ1) is 18.5. The summed E-state index contributed by atoms with van der Waals surface area (Å²) in [4.78, 5) is 25.4. The molecule has 0 radical (unpaired) electrons. The van der Waals surface area contributed by atoms with Crippen molar-refractivity contribution < 1.29 is 18.7 Å². The second kappa shape index (κ2) is 7.64. The van der Waals surface area contributed by atoms with Crippen LogP contribution >= 0.6 is 0 Å². The molecule has 5 heteroatoms. The zero-order chi connectivity index (χ0) is 20.4. The van der Waals surface area contributed by atoms with Gasteiger partial charge in [0.25, 0.3) is 0 Å². The van der Waals surface area contributed by atoms with Crippen LogP contribution in [0.1, 0.15) is 16.1 Å². The molecule has 0 bridgehead atoms. The first-order valence-corrected chi connectivity index (χ1v) is 9.06. The van der Waals surface area contributed by atoms with Gasteiger partial charge in [-0.05, 0) is 42.8 Å². The summed E-state index contributed by atoms with van der Waals surface area (Å²) >= 11 is 0. The van der Waals surface area contributed by atoms with E-state index in [1.807, 2.05) is 30.3 Å². The molecule has 1 heterocycles. The van der Waals surface area contributed by atoms with Gasteiger partial charge in [-0.25, -0.2) is 4.79 Å². The van der Waals surface area contributed by atoms with Gasteiger partial charge in [-0.3, -0.25) is 4.79 Å². The maximum Gasteiger partial charge on any atom is 0.343 e. The van der Waals surface area contributed by atoms with Crippen LogP contribution in [0.4, 0.5) is 0 Å². The Morgan fingerprint density at radius 2 is 1.69 bits per heavy atom. The van der Waals surface area contributed by atoms with Crippen molar-refractivity contribution in [1.82, 2.24) is 0 Å². The lowest BCUT2D eigenvalue weighted by atomic mass is 10.0. The Kier molecular flexibility index (Phi) is 4.87. The zero-order valence-corrected chi connectivity index (χ0v) is 16.0. The number of hydrogen-bond acceptors (Lipinski definition) is 5. The molecule has 0 saturated carbocycles. The number of carbonyl (C=O) groups excluding carboxylic acids is 1. The summed E-state index contributed by atoms with van der Waals surface area (Å²) in [6.45, 7) is 1.75. The second-order valence-electron chi connectivity index (χ2n) is 6.51. The molecule has 29 heavy (non-hydrogen) atoms. The van der Waals surface area contributed by atoms with Crippen LogP contribution < -0.4 is 14.9 Å². The first-order chi connectivity index (χ1) is 14.1. The molecule has 4 rings (SSSR count). The number of esters is 1. The van der Waals surface area contributed by atoms with Crippen molar-refractivity contribution in [2.24, 2.45) is 0 Å². The highest BCUT2D eigenvalue weighted by molar-refractivity contribution is 5.92. The van der Waals surface area contributed by atoms with Crippen molar-refractivity contribution >= 4 is 16.9 Å². The molecular weight excluding hydrogens is 368 g/mol. The zero-order valence-electron chi connectivity index (χ0n) is 16.0. The molecule has 144 valence electrons. The largest absolute Gasteiger partial charge is 0.497 e. The van der Waals surface area contributed by atoms with E-state index in [1.165, 1.54) is 7.11 Å². The fourth-order valence-corrected chi connectivity index (χ4v) is 3.20. The molecule has 0 aliphatic rings. The van der Waals surface area contributed by atoms with E-state index in [0.29, 0.717) is 39.4 Å². The maximum atomic E-state index is 13.0. The molecule has 0 saturated heterocycles. The molecule has 3 aromatic carbocycles. The minimum absolute atomic E-state index is 0.124. The van der Waals surface area contributed by atoms with Crippen LogP contribution in [0, 0.1) is 6.92 Å². The topological polar surface area (TPSA) is 65.7 Å². The van der Waals surface area contributed by atoms with Crippen LogP contribution in [0.25, 0.3) is 22.1 Å². The Bertz CT molecular complexity index is 1260. The van der Waals surface area contributed by atoms with Gasteiger partial charge in [-0.2, -0.15) is 0 Å². The highest BCUT2D eigenvalue weighted by atomic mass is 16.5. The molecule has 0 amide bonds. The molecule has 4 aromatic rings. The van der Waals surface area contributed by atoms with E-state index < -0.39 is 5.97 Å². The van der Waals surface area contributed by atoms with Gasteiger partial charge in [0.15, 0.2) is 0 Å². The monoisotopic (exact) mass is 386 g/mol. The summed E-state index contributed by atoms with van der Waals surface area (Å²) in [5.41, 5.74) is 1.93. The Morgan fingerprint density at radius 1 is 0.897 bits per heavy atom.